The van der Waals surface area contributed by atoms with Gasteiger partial charge in [0.15, 0.2) is 0 Å². The minimum Gasteiger partial charge on any atom is -0.455 e. The van der Waals surface area contributed by atoms with Crippen molar-refractivity contribution >= 4 is 96.8 Å². The van der Waals surface area contributed by atoms with Gasteiger partial charge >= 0.3 is 0 Å². The molecule has 0 N–H and O–H groups in total. The van der Waals surface area contributed by atoms with Gasteiger partial charge < -0.3 is 8.98 Å². The lowest BCUT2D eigenvalue weighted by atomic mass is 9.96. The average molecular weight is 616 g/mol. The molecular weight excluding hydrogens is 591 g/mol. The fourth-order valence-electron chi connectivity index (χ4n) is 7.96. The number of hydrogen-bond donors (Lipinski definition) is 0. The first-order valence-corrected chi connectivity index (χ1v) is 16.8. The monoisotopic (exact) mass is 615 g/mol. The SMILES string of the molecule is c1cc(-c2cccc3c2oc2ccccc23)cc(-n2c3ccccc3c3ccc4c(ccc5ccc6sc7ccccc7c6c54)c32)c1. The molecule has 0 aliphatic rings. The average Bonchev–Trinajstić information content (AvgIpc) is 3.81. The van der Waals surface area contributed by atoms with Crippen LogP contribution in [0.25, 0.3) is 102 Å². The zero-order chi connectivity index (χ0) is 30.6. The minimum absolute atomic E-state index is 0.916. The van der Waals surface area contributed by atoms with E-state index in [1.807, 2.05) is 17.4 Å². The van der Waals surface area contributed by atoms with Crippen LogP contribution in [0.4, 0.5) is 0 Å². The van der Waals surface area contributed by atoms with Crippen LogP contribution in [0.1, 0.15) is 0 Å². The lowest BCUT2D eigenvalue weighted by Crippen LogP contribution is -1.95. The zero-order valence-electron chi connectivity index (χ0n) is 25.2. The molecule has 0 fully saturated rings. The lowest BCUT2D eigenvalue weighted by molar-refractivity contribution is 0.670. The summed E-state index contributed by atoms with van der Waals surface area (Å²) in [6.45, 7) is 0. The van der Waals surface area contributed by atoms with Crippen LogP contribution in [0.2, 0.25) is 0 Å². The summed E-state index contributed by atoms with van der Waals surface area (Å²) in [6.07, 6.45) is 0. The Morgan fingerprint density at radius 3 is 2.15 bits per heavy atom. The van der Waals surface area contributed by atoms with E-state index in [1.165, 1.54) is 63.5 Å². The molecule has 0 aliphatic heterocycles. The summed E-state index contributed by atoms with van der Waals surface area (Å²) < 4.78 is 11.6. The number of thiophene rings is 1. The summed E-state index contributed by atoms with van der Waals surface area (Å²) in [6, 6.07) is 55.2. The molecule has 0 saturated carbocycles. The quantitative estimate of drug-likeness (QED) is 0.177. The molecular formula is C44H25NOS. The van der Waals surface area contributed by atoms with Crippen molar-refractivity contribution in [1.29, 1.82) is 0 Å². The normalized spacial score (nSPS) is 12.3. The number of benzene rings is 8. The van der Waals surface area contributed by atoms with Crippen LogP contribution in [-0.2, 0) is 0 Å². The maximum absolute atomic E-state index is 6.46. The van der Waals surface area contributed by atoms with Gasteiger partial charge in [-0.15, -0.1) is 11.3 Å². The highest BCUT2D eigenvalue weighted by Gasteiger charge is 2.19. The van der Waals surface area contributed by atoms with Crippen LogP contribution in [0.3, 0.4) is 0 Å². The van der Waals surface area contributed by atoms with Gasteiger partial charge in [0.2, 0.25) is 0 Å². The standard InChI is InChI=1S/C44H25NOS/c1-4-16-37-30(11-1)33-23-22-32-34(21-19-26-20-24-40-42(41(26)32)36-13-3-6-18-39(36)47-40)43(33)45(37)28-10-7-9-27(25-28)29-14-8-15-35-31-12-2-5-17-38(31)46-44(29)35/h1-25H. The number of aromatic nitrogens is 1. The first-order chi connectivity index (χ1) is 23.3. The zero-order valence-corrected chi connectivity index (χ0v) is 26.0. The summed E-state index contributed by atoms with van der Waals surface area (Å²) in [5, 5.41) is 12.7. The van der Waals surface area contributed by atoms with Gasteiger partial charge in [-0.1, -0.05) is 115 Å². The summed E-state index contributed by atoms with van der Waals surface area (Å²) in [4.78, 5) is 0. The lowest BCUT2D eigenvalue weighted by Gasteiger charge is -2.13. The van der Waals surface area contributed by atoms with E-state index in [-0.39, 0.29) is 0 Å². The van der Waals surface area contributed by atoms with Crippen molar-refractivity contribution < 1.29 is 4.42 Å². The summed E-state index contributed by atoms with van der Waals surface area (Å²) >= 11 is 1.88. The molecule has 0 atom stereocenters. The highest BCUT2D eigenvalue weighted by atomic mass is 32.1. The molecule has 0 amide bonds. The highest BCUT2D eigenvalue weighted by molar-refractivity contribution is 7.26. The molecule has 3 heteroatoms. The van der Waals surface area contributed by atoms with Gasteiger partial charge in [0.1, 0.15) is 11.2 Å². The summed E-state index contributed by atoms with van der Waals surface area (Å²) in [5.74, 6) is 0. The first kappa shape index (κ1) is 25.3. The number of furan rings is 1. The smallest absolute Gasteiger partial charge is 0.143 e. The third-order valence-electron chi connectivity index (χ3n) is 9.97. The predicted molar refractivity (Wildman–Crippen MR) is 201 cm³/mol. The number of para-hydroxylation sites is 3. The Morgan fingerprint density at radius 1 is 0.468 bits per heavy atom. The van der Waals surface area contributed by atoms with E-state index in [4.69, 9.17) is 4.42 Å². The van der Waals surface area contributed by atoms with Crippen molar-refractivity contribution in [3.63, 3.8) is 0 Å². The van der Waals surface area contributed by atoms with Crippen LogP contribution in [0.5, 0.6) is 0 Å². The Bertz CT molecular complexity index is 3080. The second-order valence-electron chi connectivity index (χ2n) is 12.4. The third kappa shape index (κ3) is 3.44. The largest absolute Gasteiger partial charge is 0.455 e. The number of nitrogens with zero attached hydrogens (tertiary/aromatic N) is 1. The number of hydrogen-bond acceptors (Lipinski definition) is 2. The topological polar surface area (TPSA) is 18.1 Å². The Hall–Kier alpha value is -5.90. The summed E-state index contributed by atoms with van der Waals surface area (Å²) in [7, 11) is 0. The molecule has 0 saturated heterocycles. The molecule has 3 aromatic heterocycles. The molecule has 0 aliphatic carbocycles. The van der Waals surface area contributed by atoms with E-state index in [0.717, 1.165) is 38.8 Å². The Balaban J connectivity index is 1.24. The fourth-order valence-corrected chi connectivity index (χ4v) is 9.07. The second-order valence-corrected chi connectivity index (χ2v) is 13.5. The maximum Gasteiger partial charge on any atom is 0.143 e. The van der Waals surface area contributed by atoms with Gasteiger partial charge in [-0.05, 0) is 58.1 Å². The van der Waals surface area contributed by atoms with Crippen molar-refractivity contribution in [1.82, 2.24) is 4.57 Å². The van der Waals surface area contributed by atoms with Crippen molar-refractivity contribution in [3.05, 3.63) is 152 Å². The molecule has 0 unspecified atom stereocenters. The van der Waals surface area contributed by atoms with E-state index in [2.05, 4.69) is 150 Å². The molecule has 0 bridgehead atoms. The number of fused-ring (bicyclic) bond motifs is 14. The van der Waals surface area contributed by atoms with E-state index in [9.17, 15) is 0 Å². The van der Waals surface area contributed by atoms with Gasteiger partial charge in [-0.25, -0.2) is 0 Å². The van der Waals surface area contributed by atoms with Crippen molar-refractivity contribution in [2.75, 3.05) is 0 Å². The van der Waals surface area contributed by atoms with Gasteiger partial charge in [-0.2, -0.15) is 0 Å². The van der Waals surface area contributed by atoms with E-state index in [1.54, 1.807) is 0 Å². The van der Waals surface area contributed by atoms with Crippen molar-refractivity contribution in [2.45, 2.75) is 0 Å². The number of rotatable bonds is 2. The van der Waals surface area contributed by atoms with Gasteiger partial charge in [0.05, 0.1) is 11.0 Å². The van der Waals surface area contributed by atoms with E-state index >= 15 is 0 Å². The molecule has 218 valence electrons. The van der Waals surface area contributed by atoms with Crippen LogP contribution in [0.15, 0.2) is 156 Å². The van der Waals surface area contributed by atoms with Crippen molar-refractivity contribution in [2.24, 2.45) is 0 Å². The van der Waals surface area contributed by atoms with Crippen LogP contribution in [-0.4, -0.2) is 4.57 Å². The molecule has 2 nitrogen and oxygen atoms in total. The van der Waals surface area contributed by atoms with E-state index < -0.39 is 0 Å². The van der Waals surface area contributed by atoms with Crippen LogP contribution in [0, 0.1) is 0 Å². The molecule has 11 rings (SSSR count). The second kappa shape index (κ2) is 9.32. The molecule has 0 spiro atoms. The Labute approximate surface area is 273 Å². The van der Waals surface area contributed by atoms with Crippen LogP contribution < -0.4 is 0 Å². The summed E-state index contributed by atoms with van der Waals surface area (Å²) in [5.41, 5.74) is 7.65. The van der Waals surface area contributed by atoms with Gasteiger partial charge in [0.25, 0.3) is 0 Å². The first-order valence-electron chi connectivity index (χ1n) is 16.0. The maximum atomic E-state index is 6.46. The van der Waals surface area contributed by atoms with E-state index in [0.29, 0.717) is 0 Å². The molecule has 8 aromatic carbocycles. The fraction of sp³-hybridized carbons (Fsp3) is 0. The molecule has 47 heavy (non-hydrogen) atoms. The Morgan fingerprint density at radius 2 is 1.19 bits per heavy atom. The molecule has 3 heterocycles. The van der Waals surface area contributed by atoms with Crippen LogP contribution >= 0.6 is 11.3 Å². The highest BCUT2D eigenvalue weighted by Crippen LogP contribution is 2.44. The van der Waals surface area contributed by atoms with Gasteiger partial charge in [-0.3, -0.25) is 0 Å². The minimum atomic E-state index is 0.916. The van der Waals surface area contributed by atoms with Crippen molar-refractivity contribution in [3.8, 4) is 16.8 Å². The van der Waals surface area contributed by atoms with Gasteiger partial charge in [0, 0.05) is 58.4 Å². The predicted octanol–water partition coefficient (Wildman–Crippen LogP) is 13.0. The molecule has 11 aromatic rings. The molecule has 0 radical (unpaired) electrons. The Kier molecular flexibility index (Phi) is 5.02. The third-order valence-corrected chi connectivity index (χ3v) is 11.1.